The average molecular weight is 337 g/mol. The van der Waals surface area contributed by atoms with Gasteiger partial charge in [-0.25, -0.2) is 0 Å². The smallest absolute Gasteiger partial charge is 0.158 e. The summed E-state index contributed by atoms with van der Waals surface area (Å²) in [5.41, 5.74) is 10.7. The molecule has 0 aliphatic heterocycles. The van der Waals surface area contributed by atoms with Gasteiger partial charge in [0, 0.05) is 10.8 Å². The number of hydrogen-bond donors (Lipinski definition) is 1. The molecule has 0 aliphatic carbocycles. The summed E-state index contributed by atoms with van der Waals surface area (Å²) in [6.07, 6.45) is 0. The SMILES string of the molecule is Nc1cccc2c1oc1ccccc12.c1ccc(-c2ccccc2)cc1. The van der Waals surface area contributed by atoms with E-state index >= 15 is 0 Å². The lowest BCUT2D eigenvalue weighted by Crippen LogP contribution is -1.82. The molecule has 5 rings (SSSR count). The number of para-hydroxylation sites is 2. The van der Waals surface area contributed by atoms with Crippen LogP contribution >= 0.6 is 0 Å². The van der Waals surface area contributed by atoms with E-state index in [9.17, 15) is 0 Å². The van der Waals surface area contributed by atoms with Crippen LogP contribution in [0.25, 0.3) is 33.1 Å². The molecule has 2 heteroatoms. The predicted octanol–water partition coefficient (Wildman–Crippen LogP) is 6.52. The first-order valence-corrected chi connectivity index (χ1v) is 8.59. The van der Waals surface area contributed by atoms with E-state index in [0.29, 0.717) is 5.69 Å². The van der Waals surface area contributed by atoms with Crippen LogP contribution in [0.15, 0.2) is 108 Å². The van der Waals surface area contributed by atoms with Crippen LogP contribution < -0.4 is 5.73 Å². The van der Waals surface area contributed by atoms with Gasteiger partial charge in [-0.05, 0) is 23.3 Å². The Hall–Kier alpha value is -3.52. The van der Waals surface area contributed by atoms with Gasteiger partial charge in [0.25, 0.3) is 0 Å². The van der Waals surface area contributed by atoms with Gasteiger partial charge in [0.2, 0.25) is 0 Å². The number of benzene rings is 4. The van der Waals surface area contributed by atoms with Crippen molar-refractivity contribution in [1.29, 1.82) is 0 Å². The highest BCUT2D eigenvalue weighted by Crippen LogP contribution is 2.31. The first-order valence-electron chi connectivity index (χ1n) is 8.59. The monoisotopic (exact) mass is 337 g/mol. The Kier molecular flexibility index (Phi) is 4.40. The highest BCUT2D eigenvalue weighted by atomic mass is 16.3. The van der Waals surface area contributed by atoms with Crippen LogP contribution in [0.4, 0.5) is 5.69 Å². The highest BCUT2D eigenvalue weighted by Gasteiger charge is 2.07. The van der Waals surface area contributed by atoms with Crippen molar-refractivity contribution in [2.45, 2.75) is 0 Å². The summed E-state index contributed by atoms with van der Waals surface area (Å²) in [5.74, 6) is 0. The number of hydrogen-bond acceptors (Lipinski definition) is 2. The molecule has 26 heavy (non-hydrogen) atoms. The molecule has 2 nitrogen and oxygen atoms in total. The molecule has 4 aromatic carbocycles. The van der Waals surface area contributed by atoms with E-state index in [4.69, 9.17) is 10.2 Å². The zero-order valence-corrected chi connectivity index (χ0v) is 14.3. The molecule has 1 heterocycles. The number of nitrogens with two attached hydrogens (primary N) is 1. The van der Waals surface area contributed by atoms with E-state index in [2.05, 4.69) is 48.5 Å². The standard InChI is InChI=1S/C12H9NO.C12H10/c13-10-6-3-5-9-8-4-1-2-7-11(8)14-12(9)10;1-3-7-11(8-4-1)12-9-5-2-6-10-12/h1-7H,13H2;1-10H. The van der Waals surface area contributed by atoms with E-state index in [1.165, 1.54) is 11.1 Å². The number of furan rings is 1. The molecule has 0 spiro atoms. The van der Waals surface area contributed by atoms with Gasteiger partial charge < -0.3 is 10.2 Å². The maximum Gasteiger partial charge on any atom is 0.158 e. The Bertz CT molecular complexity index is 1090. The molecular weight excluding hydrogens is 318 g/mol. The van der Waals surface area contributed by atoms with Crippen molar-refractivity contribution >= 4 is 27.6 Å². The quantitative estimate of drug-likeness (QED) is 0.354. The lowest BCUT2D eigenvalue weighted by molar-refractivity contribution is 0.670. The first-order chi connectivity index (χ1) is 12.8. The minimum Gasteiger partial charge on any atom is -0.454 e. The molecule has 2 N–H and O–H groups in total. The summed E-state index contributed by atoms with van der Waals surface area (Å²) >= 11 is 0. The number of anilines is 1. The van der Waals surface area contributed by atoms with Crippen molar-refractivity contribution < 1.29 is 4.42 Å². The topological polar surface area (TPSA) is 39.2 Å². The summed E-state index contributed by atoms with van der Waals surface area (Å²) in [6.45, 7) is 0. The first kappa shape index (κ1) is 16.0. The van der Waals surface area contributed by atoms with E-state index in [0.717, 1.165) is 21.9 Å². The second-order valence-electron chi connectivity index (χ2n) is 6.05. The van der Waals surface area contributed by atoms with Crippen LogP contribution in [-0.2, 0) is 0 Å². The van der Waals surface area contributed by atoms with Gasteiger partial charge in [0.05, 0.1) is 5.69 Å². The number of rotatable bonds is 1. The average Bonchev–Trinajstić information content (AvgIpc) is 3.10. The molecule has 126 valence electrons. The third-order valence-corrected chi connectivity index (χ3v) is 4.32. The van der Waals surface area contributed by atoms with Gasteiger partial charge in [-0.1, -0.05) is 91.0 Å². The van der Waals surface area contributed by atoms with E-state index in [1.807, 2.05) is 54.6 Å². The molecule has 0 fully saturated rings. The third-order valence-electron chi connectivity index (χ3n) is 4.32. The summed E-state index contributed by atoms with van der Waals surface area (Å²) in [5, 5.41) is 2.20. The molecular formula is C24H19NO. The van der Waals surface area contributed by atoms with Crippen molar-refractivity contribution in [1.82, 2.24) is 0 Å². The minimum absolute atomic E-state index is 0.693. The highest BCUT2D eigenvalue weighted by molar-refractivity contribution is 6.08. The lowest BCUT2D eigenvalue weighted by Gasteiger charge is -1.98. The molecule has 0 radical (unpaired) electrons. The van der Waals surface area contributed by atoms with Crippen molar-refractivity contribution in [3.8, 4) is 11.1 Å². The van der Waals surface area contributed by atoms with E-state index in [1.54, 1.807) is 0 Å². The van der Waals surface area contributed by atoms with Gasteiger partial charge >= 0.3 is 0 Å². The zero-order valence-electron chi connectivity index (χ0n) is 14.3. The number of fused-ring (bicyclic) bond motifs is 3. The van der Waals surface area contributed by atoms with Crippen LogP contribution in [0.3, 0.4) is 0 Å². The lowest BCUT2D eigenvalue weighted by atomic mass is 10.1. The zero-order chi connectivity index (χ0) is 17.8. The normalized spacial score (nSPS) is 10.5. The summed E-state index contributed by atoms with van der Waals surface area (Å²) in [4.78, 5) is 0. The van der Waals surface area contributed by atoms with Crippen molar-refractivity contribution in [2.24, 2.45) is 0 Å². The molecule has 5 aromatic rings. The van der Waals surface area contributed by atoms with Crippen LogP contribution in [0, 0.1) is 0 Å². The fourth-order valence-corrected chi connectivity index (χ4v) is 3.03. The second kappa shape index (κ2) is 7.16. The fraction of sp³-hybridized carbons (Fsp3) is 0. The number of nitrogen functional groups attached to an aromatic ring is 1. The second-order valence-corrected chi connectivity index (χ2v) is 6.05. The molecule has 0 saturated heterocycles. The van der Waals surface area contributed by atoms with Crippen LogP contribution in [-0.4, -0.2) is 0 Å². The fourth-order valence-electron chi connectivity index (χ4n) is 3.03. The van der Waals surface area contributed by atoms with Crippen LogP contribution in [0.2, 0.25) is 0 Å². The Balaban J connectivity index is 0.000000131. The molecule has 0 aliphatic rings. The summed E-state index contributed by atoms with van der Waals surface area (Å²) in [6, 6.07) is 34.6. The van der Waals surface area contributed by atoms with Gasteiger partial charge in [0.1, 0.15) is 5.58 Å². The Morgan fingerprint density at radius 2 is 1.04 bits per heavy atom. The van der Waals surface area contributed by atoms with Gasteiger partial charge in [-0.3, -0.25) is 0 Å². The molecule has 0 bridgehead atoms. The van der Waals surface area contributed by atoms with Gasteiger partial charge in [-0.2, -0.15) is 0 Å². The van der Waals surface area contributed by atoms with Crippen molar-refractivity contribution in [3.05, 3.63) is 103 Å². The molecule has 0 amide bonds. The molecule has 1 aromatic heterocycles. The Labute approximate surface area is 152 Å². The van der Waals surface area contributed by atoms with Gasteiger partial charge in [0.15, 0.2) is 5.58 Å². The van der Waals surface area contributed by atoms with Crippen molar-refractivity contribution in [2.75, 3.05) is 5.73 Å². The Morgan fingerprint density at radius 1 is 0.500 bits per heavy atom. The predicted molar refractivity (Wildman–Crippen MR) is 110 cm³/mol. The van der Waals surface area contributed by atoms with E-state index in [-0.39, 0.29) is 0 Å². The van der Waals surface area contributed by atoms with Gasteiger partial charge in [-0.15, -0.1) is 0 Å². The summed E-state index contributed by atoms with van der Waals surface area (Å²) < 4.78 is 5.66. The Morgan fingerprint density at radius 3 is 1.69 bits per heavy atom. The molecule has 0 saturated carbocycles. The maximum atomic E-state index is 5.83. The molecule has 0 unspecified atom stereocenters. The maximum absolute atomic E-state index is 5.83. The molecule has 0 atom stereocenters. The summed E-state index contributed by atoms with van der Waals surface area (Å²) in [7, 11) is 0. The van der Waals surface area contributed by atoms with E-state index < -0.39 is 0 Å². The largest absolute Gasteiger partial charge is 0.454 e. The third kappa shape index (κ3) is 3.17. The van der Waals surface area contributed by atoms with Crippen molar-refractivity contribution in [3.63, 3.8) is 0 Å². The minimum atomic E-state index is 0.693. The van der Waals surface area contributed by atoms with Crippen LogP contribution in [0.5, 0.6) is 0 Å². The van der Waals surface area contributed by atoms with Crippen LogP contribution in [0.1, 0.15) is 0 Å².